The SMILES string of the molecule is Cc1ccc(F)c(Oc2cc(C=O)ccc2C)c1. The molecule has 0 heterocycles. The van der Waals surface area contributed by atoms with Gasteiger partial charge in [0.1, 0.15) is 12.0 Å². The lowest BCUT2D eigenvalue weighted by atomic mass is 10.1. The third kappa shape index (κ3) is 2.56. The number of ether oxygens (including phenoxy) is 1. The molecule has 2 nitrogen and oxygen atoms in total. The van der Waals surface area contributed by atoms with Crippen LogP contribution in [0, 0.1) is 19.7 Å². The summed E-state index contributed by atoms with van der Waals surface area (Å²) in [5.74, 6) is 0.238. The lowest BCUT2D eigenvalue weighted by Crippen LogP contribution is -1.93. The van der Waals surface area contributed by atoms with Crippen LogP contribution < -0.4 is 4.74 Å². The number of hydrogen-bond donors (Lipinski definition) is 0. The van der Waals surface area contributed by atoms with Crippen LogP contribution in [0.4, 0.5) is 4.39 Å². The maximum atomic E-state index is 13.6. The van der Waals surface area contributed by atoms with E-state index in [2.05, 4.69) is 0 Å². The molecule has 0 N–H and O–H groups in total. The van der Waals surface area contributed by atoms with Crippen LogP contribution in [0.2, 0.25) is 0 Å². The van der Waals surface area contributed by atoms with Crippen LogP contribution >= 0.6 is 0 Å². The topological polar surface area (TPSA) is 26.3 Å². The lowest BCUT2D eigenvalue weighted by Gasteiger charge is -2.10. The van der Waals surface area contributed by atoms with Gasteiger partial charge in [-0.2, -0.15) is 0 Å². The molecule has 0 aromatic heterocycles. The van der Waals surface area contributed by atoms with Crippen LogP contribution in [0.25, 0.3) is 0 Å². The molecule has 0 amide bonds. The van der Waals surface area contributed by atoms with Crippen molar-refractivity contribution in [1.29, 1.82) is 0 Å². The molecule has 0 bridgehead atoms. The maximum Gasteiger partial charge on any atom is 0.165 e. The Labute approximate surface area is 105 Å². The molecule has 0 atom stereocenters. The summed E-state index contributed by atoms with van der Waals surface area (Å²) in [6.07, 6.45) is 0.735. The number of carbonyl (C=O) groups is 1. The number of halogens is 1. The Morgan fingerprint density at radius 3 is 2.56 bits per heavy atom. The Morgan fingerprint density at radius 1 is 1.06 bits per heavy atom. The van der Waals surface area contributed by atoms with Crippen molar-refractivity contribution >= 4 is 6.29 Å². The predicted molar refractivity (Wildman–Crippen MR) is 67.8 cm³/mol. The van der Waals surface area contributed by atoms with Gasteiger partial charge >= 0.3 is 0 Å². The van der Waals surface area contributed by atoms with E-state index >= 15 is 0 Å². The molecule has 0 saturated heterocycles. The summed E-state index contributed by atoms with van der Waals surface area (Å²) in [5.41, 5.74) is 2.26. The molecule has 0 radical (unpaired) electrons. The Bertz CT molecular complexity index is 591. The molecule has 0 saturated carbocycles. The van der Waals surface area contributed by atoms with Crippen molar-refractivity contribution in [2.45, 2.75) is 13.8 Å². The third-order valence-corrected chi connectivity index (χ3v) is 2.65. The Kier molecular flexibility index (Phi) is 3.42. The van der Waals surface area contributed by atoms with Crippen LogP contribution in [0.1, 0.15) is 21.5 Å². The van der Waals surface area contributed by atoms with Gasteiger partial charge in [-0.15, -0.1) is 0 Å². The van der Waals surface area contributed by atoms with Crippen molar-refractivity contribution in [2.24, 2.45) is 0 Å². The van der Waals surface area contributed by atoms with E-state index < -0.39 is 5.82 Å². The summed E-state index contributed by atoms with van der Waals surface area (Å²) in [7, 11) is 0. The van der Waals surface area contributed by atoms with Gasteiger partial charge < -0.3 is 4.74 Å². The van der Waals surface area contributed by atoms with E-state index in [1.807, 2.05) is 13.8 Å². The molecule has 0 aliphatic heterocycles. The number of rotatable bonds is 3. The fraction of sp³-hybridized carbons (Fsp3) is 0.133. The van der Waals surface area contributed by atoms with Crippen molar-refractivity contribution in [1.82, 2.24) is 0 Å². The molecular weight excluding hydrogens is 231 g/mol. The van der Waals surface area contributed by atoms with Crippen molar-refractivity contribution < 1.29 is 13.9 Å². The molecule has 0 fully saturated rings. The molecule has 18 heavy (non-hydrogen) atoms. The third-order valence-electron chi connectivity index (χ3n) is 2.65. The van der Waals surface area contributed by atoms with E-state index in [1.54, 1.807) is 30.3 Å². The first kappa shape index (κ1) is 12.3. The largest absolute Gasteiger partial charge is 0.454 e. The van der Waals surface area contributed by atoms with E-state index in [9.17, 15) is 9.18 Å². The minimum absolute atomic E-state index is 0.168. The first-order valence-corrected chi connectivity index (χ1v) is 5.60. The normalized spacial score (nSPS) is 10.2. The Morgan fingerprint density at radius 2 is 1.83 bits per heavy atom. The molecule has 0 unspecified atom stereocenters. The smallest absolute Gasteiger partial charge is 0.165 e. The quantitative estimate of drug-likeness (QED) is 0.761. The van der Waals surface area contributed by atoms with Gasteiger partial charge in [0, 0.05) is 5.56 Å². The van der Waals surface area contributed by atoms with Gasteiger partial charge in [-0.3, -0.25) is 4.79 Å². The molecule has 92 valence electrons. The zero-order valence-corrected chi connectivity index (χ0v) is 10.2. The highest BCUT2D eigenvalue weighted by Crippen LogP contribution is 2.28. The minimum atomic E-state index is -0.420. The van der Waals surface area contributed by atoms with Crippen molar-refractivity contribution in [3.63, 3.8) is 0 Å². The summed E-state index contributed by atoms with van der Waals surface area (Å²) < 4.78 is 19.1. The summed E-state index contributed by atoms with van der Waals surface area (Å²) in [6, 6.07) is 9.74. The van der Waals surface area contributed by atoms with E-state index in [4.69, 9.17) is 4.74 Å². The molecule has 2 aromatic carbocycles. The predicted octanol–water partition coefficient (Wildman–Crippen LogP) is 4.05. The summed E-state index contributed by atoms with van der Waals surface area (Å²) in [4.78, 5) is 10.7. The molecule has 3 heteroatoms. The number of carbonyl (C=O) groups excluding carboxylic acids is 1. The van der Waals surface area contributed by atoms with E-state index in [0.717, 1.165) is 17.4 Å². The number of aryl methyl sites for hydroxylation is 2. The monoisotopic (exact) mass is 244 g/mol. The standard InChI is InChI=1S/C15H13FO2/c1-10-3-6-13(16)15(7-10)18-14-8-12(9-17)5-4-11(14)2/h3-9H,1-2H3. The van der Waals surface area contributed by atoms with Gasteiger partial charge in [0.2, 0.25) is 0 Å². The molecule has 0 aliphatic rings. The Balaban J connectivity index is 2.38. The van der Waals surface area contributed by atoms with Crippen LogP contribution in [0.5, 0.6) is 11.5 Å². The molecule has 0 aliphatic carbocycles. The average Bonchev–Trinajstić information content (AvgIpc) is 2.36. The fourth-order valence-corrected chi connectivity index (χ4v) is 1.61. The highest BCUT2D eigenvalue weighted by atomic mass is 19.1. The fourth-order valence-electron chi connectivity index (χ4n) is 1.61. The summed E-state index contributed by atoms with van der Waals surface area (Å²) in [5, 5.41) is 0. The highest BCUT2D eigenvalue weighted by Gasteiger charge is 2.07. The van der Waals surface area contributed by atoms with Gasteiger partial charge in [-0.1, -0.05) is 18.2 Å². The lowest BCUT2D eigenvalue weighted by molar-refractivity contribution is 0.112. The molecule has 2 aromatic rings. The number of aldehydes is 1. The van der Waals surface area contributed by atoms with E-state index in [1.165, 1.54) is 6.07 Å². The van der Waals surface area contributed by atoms with Gasteiger partial charge in [-0.05, 0) is 43.2 Å². The summed E-state index contributed by atoms with van der Waals surface area (Å²) in [6.45, 7) is 3.71. The first-order valence-electron chi connectivity index (χ1n) is 5.60. The second-order valence-corrected chi connectivity index (χ2v) is 4.18. The number of hydrogen-bond acceptors (Lipinski definition) is 2. The molecule has 0 spiro atoms. The van der Waals surface area contributed by atoms with Crippen LogP contribution in [0.15, 0.2) is 36.4 Å². The van der Waals surface area contributed by atoms with Crippen LogP contribution in [0.3, 0.4) is 0 Å². The second-order valence-electron chi connectivity index (χ2n) is 4.18. The van der Waals surface area contributed by atoms with Crippen LogP contribution in [-0.4, -0.2) is 6.29 Å². The Hall–Kier alpha value is -2.16. The molecular formula is C15H13FO2. The van der Waals surface area contributed by atoms with Gasteiger partial charge in [-0.25, -0.2) is 4.39 Å². The van der Waals surface area contributed by atoms with Gasteiger partial charge in [0.15, 0.2) is 11.6 Å². The molecule has 2 rings (SSSR count). The van der Waals surface area contributed by atoms with Crippen molar-refractivity contribution in [3.05, 3.63) is 58.9 Å². The van der Waals surface area contributed by atoms with Gasteiger partial charge in [0.05, 0.1) is 0 Å². The second kappa shape index (κ2) is 5.00. The first-order chi connectivity index (χ1) is 8.60. The van der Waals surface area contributed by atoms with Crippen molar-refractivity contribution in [3.8, 4) is 11.5 Å². The number of benzene rings is 2. The van der Waals surface area contributed by atoms with Gasteiger partial charge in [0.25, 0.3) is 0 Å². The highest BCUT2D eigenvalue weighted by molar-refractivity contribution is 5.76. The van der Waals surface area contributed by atoms with E-state index in [-0.39, 0.29) is 5.75 Å². The summed E-state index contributed by atoms with van der Waals surface area (Å²) >= 11 is 0. The zero-order valence-electron chi connectivity index (χ0n) is 10.2. The maximum absolute atomic E-state index is 13.6. The zero-order chi connectivity index (χ0) is 13.1. The van der Waals surface area contributed by atoms with E-state index in [0.29, 0.717) is 11.3 Å². The minimum Gasteiger partial charge on any atom is -0.454 e. The average molecular weight is 244 g/mol. The van der Waals surface area contributed by atoms with Crippen molar-refractivity contribution in [2.75, 3.05) is 0 Å². The van der Waals surface area contributed by atoms with Crippen LogP contribution in [-0.2, 0) is 0 Å².